The lowest BCUT2D eigenvalue weighted by Gasteiger charge is -2.12. The summed E-state index contributed by atoms with van der Waals surface area (Å²) in [5.74, 6) is 1.32. The SMILES string of the molecule is CCNC(=NCc1c(C)nn(C)c1C)NCCNC(=O)c1ccc(OC)cc1. The predicted molar refractivity (Wildman–Crippen MR) is 111 cm³/mol. The number of aliphatic imine (C=N–C) groups is 1. The first kappa shape index (κ1) is 21.3. The van der Waals surface area contributed by atoms with Gasteiger partial charge in [-0.15, -0.1) is 0 Å². The van der Waals surface area contributed by atoms with Crippen LogP contribution in [0.3, 0.4) is 0 Å². The fourth-order valence-corrected chi connectivity index (χ4v) is 2.75. The van der Waals surface area contributed by atoms with Gasteiger partial charge in [0.25, 0.3) is 5.91 Å². The number of hydrogen-bond acceptors (Lipinski definition) is 4. The smallest absolute Gasteiger partial charge is 0.251 e. The van der Waals surface area contributed by atoms with Crippen LogP contribution in [-0.2, 0) is 13.6 Å². The molecular formula is C20H30N6O2. The summed E-state index contributed by atoms with van der Waals surface area (Å²) in [4.78, 5) is 16.8. The Balaban J connectivity index is 1.84. The maximum absolute atomic E-state index is 12.2. The zero-order chi connectivity index (χ0) is 20.5. The molecule has 0 bridgehead atoms. The largest absolute Gasteiger partial charge is 0.497 e. The van der Waals surface area contributed by atoms with E-state index in [-0.39, 0.29) is 5.91 Å². The minimum absolute atomic E-state index is 0.118. The minimum atomic E-state index is -0.118. The van der Waals surface area contributed by atoms with E-state index in [1.165, 1.54) is 0 Å². The summed E-state index contributed by atoms with van der Waals surface area (Å²) >= 11 is 0. The van der Waals surface area contributed by atoms with Gasteiger partial charge in [-0.3, -0.25) is 9.48 Å². The molecule has 1 aromatic carbocycles. The number of aromatic nitrogens is 2. The summed E-state index contributed by atoms with van der Waals surface area (Å²) in [5, 5.41) is 13.8. The fraction of sp³-hybridized carbons (Fsp3) is 0.450. The van der Waals surface area contributed by atoms with Crippen LogP contribution in [0.15, 0.2) is 29.3 Å². The fourth-order valence-electron chi connectivity index (χ4n) is 2.75. The number of methoxy groups -OCH3 is 1. The highest BCUT2D eigenvalue weighted by Gasteiger charge is 2.09. The number of nitrogens with zero attached hydrogens (tertiary/aromatic N) is 3. The second-order valence-electron chi connectivity index (χ2n) is 6.38. The van der Waals surface area contributed by atoms with Crippen molar-refractivity contribution in [2.24, 2.45) is 12.0 Å². The van der Waals surface area contributed by atoms with Crippen molar-refractivity contribution in [3.05, 3.63) is 46.8 Å². The van der Waals surface area contributed by atoms with E-state index in [1.807, 2.05) is 32.5 Å². The van der Waals surface area contributed by atoms with Gasteiger partial charge in [0.1, 0.15) is 5.75 Å². The second kappa shape index (κ2) is 10.3. The van der Waals surface area contributed by atoms with Crippen LogP contribution >= 0.6 is 0 Å². The molecule has 0 saturated heterocycles. The van der Waals surface area contributed by atoms with Gasteiger partial charge >= 0.3 is 0 Å². The molecule has 0 spiro atoms. The Bertz CT molecular complexity index is 811. The number of nitrogens with one attached hydrogen (secondary N) is 3. The Labute approximate surface area is 166 Å². The van der Waals surface area contributed by atoms with Crippen molar-refractivity contribution in [2.45, 2.75) is 27.3 Å². The Kier molecular flexibility index (Phi) is 7.86. The van der Waals surface area contributed by atoms with Crippen LogP contribution in [0.1, 0.15) is 34.2 Å². The molecule has 1 heterocycles. The number of hydrogen-bond donors (Lipinski definition) is 3. The van der Waals surface area contributed by atoms with Crippen LogP contribution in [0.2, 0.25) is 0 Å². The van der Waals surface area contributed by atoms with E-state index in [1.54, 1.807) is 31.4 Å². The number of ether oxygens (including phenoxy) is 1. The highest BCUT2D eigenvalue weighted by atomic mass is 16.5. The molecule has 0 atom stereocenters. The van der Waals surface area contributed by atoms with Crippen LogP contribution in [0, 0.1) is 13.8 Å². The number of carbonyl (C=O) groups is 1. The van der Waals surface area contributed by atoms with Gasteiger partial charge in [0.05, 0.1) is 19.3 Å². The molecule has 1 amide bonds. The maximum Gasteiger partial charge on any atom is 0.251 e. The molecule has 0 radical (unpaired) electrons. The third-order valence-corrected chi connectivity index (χ3v) is 4.45. The van der Waals surface area contributed by atoms with Crippen LogP contribution in [0.4, 0.5) is 0 Å². The van der Waals surface area contributed by atoms with E-state index in [2.05, 4.69) is 26.0 Å². The molecule has 8 heteroatoms. The number of aryl methyl sites for hydroxylation is 2. The molecule has 28 heavy (non-hydrogen) atoms. The Morgan fingerprint density at radius 2 is 1.82 bits per heavy atom. The van der Waals surface area contributed by atoms with Crippen molar-refractivity contribution < 1.29 is 9.53 Å². The third kappa shape index (κ3) is 5.73. The van der Waals surface area contributed by atoms with Gasteiger partial charge < -0.3 is 20.7 Å². The Morgan fingerprint density at radius 1 is 1.14 bits per heavy atom. The zero-order valence-electron chi connectivity index (χ0n) is 17.3. The lowest BCUT2D eigenvalue weighted by molar-refractivity contribution is 0.0954. The number of guanidine groups is 1. The quantitative estimate of drug-likeness (QED) is 0.364. The van der Waals surface area contributed by atoms with Crippen LogP contribution in [0.5, 0.6) is 5.75 Å². The zero-order valence-corrected chi connectivity index (χ0v) is 17.3. The van der Waals surface area contributed by atoms with Crippen molar-refractivity contribution in [1.82, 2.24) is 25.7 Å². The first-order valence-corrected chi connectivity index (χ1v) is 9.39. The molecule has 0 aliphatic heterocycles. The highest BCUT2D eigenvalue weighted by Crippen LogP contribution is 2.13. The molecular weight excluding hydrogens is 356 g/mol. The summed E-state index contributed by atoms with van der Waals surface area (Å²) in [7, 11) is 3.53. The maximum atomic E-state index is 12.2. The van der Waals surface area contributed by atoms with Crippen LogP contribution in [-0.4, -0.2) is 48.4 Å². The van der Waals surface area contributed by atoms with E-state index >= 15 is 0 Å². The van der Waals surface area contributed by atoms with Gasteiger partial charge in [0, 0.05) is 43.5 Å². The molecule has 2 rings (SSSR count). The normalized spacial score (nSPS) is 11.2. The Morgan fingerprint density at radius 3 is 2.39 bits per heavy atom. The minimum Gasteiger partial charge on any atom is -0.497 e. The molecule has 0 fully saturated rings. The van der Waals surface area contributed by atoms with Crippen molar-refractivity contribution in [3.63, 3.8) is 0 Å². The molecule has 1 aromatic heterocycles. The highest BCUT2D eigenvalue weighted by molar-refractivity contribution is 5.94. The molecule has 152 valence electrons. The molecule has 0 aliphatic rings. The lowest BCUT2D eigenvalue weighted by atomic mass is 10.2. The van der Waals surface area contributed by atoms with E-state index in [4.69, 9.17) is 4.74 Å². The van der Waals surface area contributed by atoms with Crippen molar-refractivity contribution >= 4 is 11.9 Å². The van der Waals surface area contributed by atoms with Gasteiger partial charge in [0.2, 0.25) is 0 Å². The van der Waals surface area contributed by atoms with E-state index in [0.717, 1.165) is 29.2 Å². The average molecular weight is 387 g/mol. The third-order valence-electron chi connectivity index (χ3n) is 4.45. The number of rotatable bonds is 8. The second-order valence-corrected chi connectivity index (χ2v) is 6.38. The van der Waals surface area contributed by atoms with Crippen molar-refractivity contribution in [2.75, 3.05) is 26.7 Å². The predicted octanol–water partition coefficient (Wildman–Crippen LogP) is 1.53. The van der Waals surface area contributed by atoms with Crippen LogP contribution in [0.25, 0.3) is 0 Å². The first-order chi connectivity index (χ1) is 13.5. The summed E-state index contributed by atoms with van der Waals surface area (Å²) in [6.45, 7) is 8.42. The monoisotopic (exact) mass is 386 g/mol. The van der Waals surface area contributed by atoms with E-state index in [9.17, 15) is 4.79 Å². The van der Waals surface area contributed by atoms with Crippen LogP contribution < -0.4 is 20.7 Å². The molecule has 0 unspecified atom stereocenters. The van der Waals surface area contributed by atoms with Gasteiger partial charge in [-0.25, -0.2) is 4.99 Å². The topological polar surface area (TPSA) is 92.6 Å². The number of carbonyl (C=O) groups excluding carboxylic acids is 1. The Hall–Kier alpha value is -3.03. The van der Waals surface area contributed by atoms with Gasteiger partial charge in [-0.05, 0) is 45.0 Å². The van der Waals surface area contributed by atoms with Gasteiger partial charge in [0.15, 0.2) is 5.96 Å². The molecule has 0 aliphatic carbocycles. The lowest BCUT2D eigenvalue weighted by Crippen LogP contribution is -2.41. The summed E-state index contributed by atoms with van der Waals surface area (Å²) in [5.41, 5.74) is 3.84. The number of benzene rings is 1. The average Bonchev–Trinajstić information content (AvgIpc) is 2.94. The summed E-state index contributed by atoms with van der Waals surface area (Å²) in [6.07, 6.45) is 0. The van der Waals surface area contributed by atoms with Gasteiger partial charge in [-0.2, -0.15) is 5.10 Å². The van der Waals surface area contributed by atoms with E-state index < -0.39 is 0 Å². The summed E-state index contributed by atoms with van der Waals surface area (Å²) < 4.78 is 6.97. The van der Waals surface area contributed by atoms with E-state index in [0.29, 0.717) is 31.2 Å². The van der Waals surface area contributed by atoms with Gasteiger partial charge in [-0.1, -0.05) is 0 Å². The molecule has 3 N–H and O–H groups in total. The molecule has 8 nitrogen and oxygen atoms in total. The molecule has 0 saturated carbocycles. The first-order valence-electron chi connectivity index (χ1n) is 9.39. The van der Waals surface area contributed by atoms with Crippen molar-refractivity contribution in [1.29, 1.82) is 0 Å². The van der Waals surface area contributed by atoms with Crippen molar-refractivity contribution in [3.8, 4) is 5.75 Å². The number of amides is 1. The summed E-state index contributed by atoms with van der Waals surface area (Å²) in [6, 6.07) is 7.02. The standard InChI is InChI=1S/C20H30N6O2/c1-6-21-20(24-13-18-14(2)25-26(4)15(18)3)23-12-11-22-19(27)16-7-9-17(28-5)10-8-16/h7-10H,6,11-13H2,1-5H3,(H,22,27)(H2,21,23,24). The molecule has 2 aromatic rings.